The average Bonchev–Trinajstić information content (AvgIpc) is 2.38. The van der Waals surface area contributed by atoms with Crippen molar-refractivity contribution in [2.45, 2.75) is 42.6 Å². The van der Waals surface area contributed by atoms with Crippen molar-refractivity contribution in [3.63, 3.8) is 0 Å². The third-order valence-electron chi connectivity index (χ3n) is 3.48. The van der Waals surface area contributed by atoms with E-state index in [0.717, 1.165) is 19.3 Å². The van der Waals surface area contributed by atoms with Gasteiger partial charge >= 0.3 is 0 Å². The molecule has 1 aromatic rings. The standard InChI is InChI=1S/C13H18BrNO3S/c14-11-5-4-6-12(9-11)19(17,18)15-10-13(16)7-2-1-3-8-13/h4-6,9,15-16H,1-3,7-8,10H2. The minimum absolute atomic E-state index is 0.0852. The van der Waals surface area contributed by atoms with Crippen molar-refractivity contribution in [2.24, 2.45) is 0 Å². The number of sulfonamides is 1. The highest BCUT2D eigenvalue weighted by molar-refractivity contribution is 9.10. The summed E-state index contributed by atoms with van der Waals surface area (Å²) in [6, 6.07) is 6.53. The second-order valence-corrected chi connectivity index (χ2v) is 7.75. The van der Waals surface area contributed by atoms with Crippen LogP contribution in [0.1, 0.15) is 32.1 Å². The monoisotopic (exact) mass is 347 g/mol. The quantitative estimate of drug-likeness (QED) is 0.878. The first kappa shape index (κ1) is 15.0. The van der Waals surface area contributed by atoms with Crippen LogP contribution in [-0.4, -0.2) is 25.7 Å². The van der Waals surface area contributed by atoms with E-state index in [-0.39, 0.29) is 11.4 Å². The number of halogens is 1. The second-order valence-electron chi connectivity index (χ2n) is 5.07. The van der Waals surface area contributed by atoms with Crippen molar-refractivity contribution < 1.29 is 13.5 Å². The van der Waals surface area contributed by atoms with Gasteiger partial charge in [-0.05, 0) is 31.0 Å². The maximum atomic E-state index is 12.1. The molecule has 0 radical (unpaired) electrons. The lowest BCUT2D eigenvalue weighted by atomic mass is 9.85. The van der Waals surface area contributed by atoms with Gasteiger partial charge in [-0.2, -0.15) is 0 Å². The number of hydrogen-bond acceptors (Lipinski definition) is 3. The van der Waals surface area contributed by atoms with Gasteiger partial charge in [0.2, 0.25) is 10.0 Å². The topological polar surface area (TPSA) is 66.4 Å². The third-order valence-corrected chi connectivity index (χ3v) is 5.37. The lowest BCUT2D eigenvalue weighted by molar-refractivity contribution is 0.00945. The SMILES string of the molecule is O=S(=O)(NCC1(O)CCCCC1)c1cccc(Br)c1. The highest BCUT2D eigenvalue weighted by atomic mass is 79.9. The zero-order chi connectivity index (χ0) is 13.9. The van der Waals surface area contributed by atoms with E-state index in [1.165, 1.54) is 6.07 Å². The number of aliphatic hydroxyl groups is 1. The van der Waals surface area contributed by atoms with Crippen LogP contribution in [0, 0.1) is 0 Å². The van der Waals surface area contributed by atoms with Gasteiger partial charge in [-0.1, -0.05) is 41.3 Å². The third kappa shape index (κ3) is 4.02. The van der Waals surface area contributed by atoms with Crippen LogP contribution in [0.4, 0.5) is 0 Å². The lowest BCUT2D eigenvalue weighted by Crippen LogP contribution is -2.44. The molecule has 1 aliphatic rings. The van der Waals surface area contributed by atoms with Crippen LogP contribution >= 0.6 is 15.9 Å². The second kappa shape index (κ2) is 5.91. The maximum absolute atomic E-state index is 12.1. The summed E-state index contributed by atoms with van der Waals surface area (Å²) in [6.45, 7) is 0.0852. The van der Waals surface area contributed by atoms with E-state index in [0.29, 0.717) is 17.3 Å². The molecule has 0 amide bonds. The van der Waals surface area contributed by atoms with E-state index in [1.54, 1.807) is 18.2 Å². The van der Waals surface area contributed by atoms with Crippen LogP contribution in [0.3, 0.4) is 0 Å². The zero-order valence-electron chi connectivity index (χ0n) is 10.6. The van der Waals surface area contributed by atoms with E-state index in [9.17, 15) is 13.5 Å². The van der Waals surface area contributed by atoms with Crippen LogP contribution in [0.2, 0.25) is 0 Å². The summed E-state index contributed by atoms with van der Waals surface area (Å²) in [6.07, 6.45) is 4.34. The Labute approximate surface area is 122 Å². The molecule has 0 heterocycles. The molecule has 1 aromatic carbocycles. The maximum Gasteiger partial charge on any atom is 0.240 e. The fourth-order valence-corrected chi connectivity index (χ4v) is 4.05. The summed E-state index contributed by atoms with van der Waals surface area (Å²) < 4.78 is 27.5. The molecule has 0 spiro atoms. The minimum Gasteiger partial charge on any atom is -0.389 e. The minimum atomic E-state index is -3.56. The molecular formula is C13H18BrNO3S. The summed E-state index contributed by atoms with van der Waals surface area (Å²) in [5.74, 6) is 0. The highest BCUT2D eigenvalue weighted by Gasteiger charge is 2.30. The molecule has 2 N–H and O–H groups in total. The van der Waals surface area contributed by atoms with Crippen molar-refractivity contribution in [3.8, 4) is 0 Å². The van der Waals surface area contributed by atoms with Crippen LogP contribution in [-0.2, 0) is 10.0 Å². The number of rotatable bonds is 4. The van der Waals surface area contributed by atoms with E-state index in [4.69, 9.17) is 0 Å². The molecule has 1 fully saturated rings. The van der Waals surface area contributed by atoms with E-state index >= 15 is 0 Å². The van der Waals surface area contributed by atoms with E-state index < -0.39 is 15.6 Å². The Hall–Kier alpha value is -0.430. The van der Waals surface area contributed by atoms with Crippen LogP contribution in [0.15, 0.2) is 33.6 Å². The number of hydrogen-bond donors (Lipinski definition) is 2. The van der Waals surface area contributed by atoms with Gasteiger partial charge in [-0.3, -0.25) is 0 Å². The lowest BCUT2D eigenvalue weighted by Gasteiger charge is -2.32. The van der Waals surface area contributed by atoms with Crippen LogP contribution in [0.5, 0.6) is 0 Å². The summed E-state index contributed by atoms with van der Waals surface area (Å²) in [7, 11) is -3.56. The van der Waals surface area contributed by atoms with Crippen molar-refractivity contribution in [1.82, 2.24) is 4.72 Å². The Morgan fingerprint density at radius 3 is 2.58 bits per heavy atom. The summed E-state index contributed by atoms with van der Waals surface area (Å²) in [5.41, 5.74) is -0.892. The van der Waals surface area contributed by atoms with Crippen molar-refractivity contribution in [1.29, 1.82) is 0 Å². The molecule has 0 bridgehead atoms. The predicted molar refractivity (Wildman–Crippen MR) is 77.4 cm³/mol. The summed E-state index contributed by atoms with van der Waals surface area (Å²) in [5, 5.41) is 10.3. The molecule has 106 valence electrons. The van der Waals surface area contributed by atoms with Gasteiger partial charge in [0.25, 0.3) is 0 Å². The molecule has 0 aromatic heterocycles. The first-order valence-electron chi connectivity index (χ1n) is 6.39. The Balaban J connectivity index is 2.05. The van der Waals surface area contributed by atoms with Gasteiger partial charge in [0.1, 0.15) is 0 Å². The van der Waals surface area contributed by atoms with Gasteiger partial charge in [0.05, 0.1) is 10.5 Å². The fourth-order valence-electron chi connectivity index (χ4n) is 2.33. The highest BCUT2D eigenvalue weighted by Crippen LogP contribution is 2.27. The molecule has 1 aliphatic carbocycles. The Morgan fingerprint density at radius 2 is 1.95 bits per heavy atom. The molecule has 0 saturated heterocycles. The molecule has 1 saturated carbocycles. The van der Waals surface area contributed by atoms with Crippen LogP contribution < -0.4 is 4.72 Å². The molecule has 2 rings (SSSR count). The molecule has 0 unspecified atom stereocenters. The molecule has 0 atom stereocenters. The Morgan fingerprint density at radius 1 is 1.26 bits per heavy atom. The van der Waals surface area contributed by atoms with Gasteiger partial charge in [0, 0.05) is 11.0 Å². The molecular weight excluding hydrogens is 330 g/mol. The van der Waals surface area contributed by atoms with Crippen LogP contribution in [0.25, 0.3) is 0 Å². The van der Waals surface area contributed by atoms with Crippen molar-refractivity contribution in [2.75, 3.05) is 6.54 Å². The first-order valence-corrected chi connectivity index (χ1v) is 8.67. The molecule has 6 heteroatoms. The van der Waals surface area contributed by atoms with Gasteiger partial charge in [0.15, 0.2) is 0 Å². The normalized spacial score (nSPS) is 19.3. The smallest absolute Gasteiger partial charge is 0.240 e. The van der Waals surface area contributed by atoms with Crippen molar-refractivity contribution >= 4 is 26.0 Å². The van der Waals surface area contributed by atoms with E-state index in [1.807, 2.05) is 0 Å². The fraction of sp³-hybridized carbons (Fsp3) is 0.538. The van der Waals surface area contributed by atoms with Gasteiger partial charge in [-0.25, -0.2) is 13.1 Å². The average molecular weight is 348 g/mol. The Bertz CT molecular complexity index is 539. The number of benzene rings is 1. The molecule has 0 aliphatic heterocycles. The van der Waals surface area contributed by atoms with Gasteiger partial charge < -0.3 is 5.11 Å². The Kier molecular flexibility index (Phi) is 4.66. The molecule has 4 nitrogen and oxygen atoms in total. The molecule has 19 heavy (non-hydrogen) atoms. The van der Waals surface area contributed by atoms with Gasteiger partial charge in [-0.15, -0.1) is 0 Å². The number of nitrogens with one attached hydrogen (secondary N) is 1. The van der Waals surface area contributed by atoms with Crippen molar-refractivity contribution in [3.05, 3.63) is 28.7 Å². The zero-order valence-corrected chi connectivity index (χ0v) is 13.0. The summed E-state index contributed by atoms with van der Waals surface area (Å²) >= 11 is 3.25. The summed E-state index contributed by atoms with van der Waals surface area (Å²) in [4.78, 5) is 0.210. The largest absolute Gasteiger partial charge is 0.389 e. The van der Waals surface area contributed by atoms with E-state index in [2.05, 4.69) is 20.7 Å². The predicted octanol–water partition coefficient (Wildman–Crippen LogP) is 2.42. The first-order chi connectivity index (χ1) is 8.91.